The van der Waals surface area contributed by atoms with Gasteiger partial charge in [-0.15, -0.1) is 0 Å². The van der Waals surface area contributed by atoms with Crippen LogP contribution in [0.5, 0.6) is 17.2 Å². The van der Waals surface area contributed by atoms with E-state index in [1.54, 1.807) is 17.9 Å². The molecule has 1 N–H and O–H groups in total. The van der Waals surface area contributed by atoms with Gasteiger partial charge < -0.3 is 19.1 Å². The zero-order valence-electron chi connectivity index (χ0n) is 22.4. The molecule has 6 nitrogen and oxygen atoms in total. The van der Waals surface area contributed by atoms with E-state index in [-0.39, 0.29) is 53.5 Å². The molecule has 7 heteroatoms. The molecule has 0 bridgehead atoms. The molecule has 0 atom stereocenters. The molecule has 0 aliphatic carbocycles. The zero-order valence-corrected chi connectivity index (χ0v) is 22.4. The number of amidine groups is 1. The standard InChI is InChI=1S/C29H37FN2O4/c1-8-34-22-14-18-15-32(27(31)23(18)24(30)26(22)35-9-2)16-21(33)17-12-19(28(3,4)5)25-20(13-17)29(6,7)10-11-36-25/h12-14,31H,8-11,15-16H2,1-7H3. The second-order valence-electron chi connectivity index (χ2n) is 11.2. The van der Waals surface area contributed by atoms with E-state index < -0.39 is 5.82 Å². The van der Waals surface area contributed by atoms with E-state index in [1.165, 1.54) is 0 Å². The van der Waals surface area contributed by atoms with E-state index in [9.17, 15) is 4.79 Å². The highest BCUT2D eigenvalue weighted by Gasteiger charge is 2.36. The average Bonchev–Trinajstić information content (AvgIpc) is 3.10. The number of fused-ring (bicyclic) bond motifs is 2. The van der Waals surface area contributed by atoms with Gasteiger partial charge in [-0.25, -0.2) is 4.39 Å². The monoisotopic (exact) mass is 496 g/mol. The molecule has 0 aromatic heterocycles. The number of hydrogen-bond donors (Lipinski definition) is 1. The lowest BCUT2D eigenvalue weighted by Gasteiger charge is -2.36. The van der Waals surface area contributed by atoms with Gasteiger partial charge in [-0.1, -0.05) is 34.6 Å². The van der Waals surface area contributed by atoms with Crippen LogP contribution in [0.1, 0.15) is 87.5 Å². The molecule has 0 fully saturated rings. The van der Waals surface area contributed by atoms with Crippen LogP contribution in [-0.4, -0.2) is 42.9 Å². The Morgan fingerprint density at radius 1 is 1.17 bits per heavy atom. The molecule has 36 heavy (non-hydrogen) atoms. The van der Waals surface area contributed by atoms with Gasteiger partial charge in [0, 0.05) is 23.2 Å². The summed E-state index contributed by atoms with van der Waals surface area (Å²) in [5, 5.41) is 8.66. The fraction of sp³-hybridized carbons (Fsp3) is 0.517. The highest BCUT2D eigenvalue weighted by molar-refractivity contribution is 6.06. The van der Waals surface area contributed by atoms with E-state index in [4.69, 9.17) is 19.6 Å². The summed E-state index contributed by atoms with van der Waals surface area (Å²) in [6, 6.07) is 5.60. The number of carbonyl (C=O) groups excluding carboxylic acids is 1. The summed E-state index contributed by atoms with van der Waals surface area (Å²) in [7, 11) is 0. The molecular formula is C29H37FN2O4. The number of carbonyl (C=O) groups is 1. The molecule has 0 amide bonds. The van der Waals surface area contributed by atoms with Crippen molar-refractivity contribution in [3.8, 4) is 17.2 Å². The predicted octanol–water partition coefficient (Wildman–Crippen LogP) is 6.00. The molecule has 4 rings (SSSR count). The Kier molecular flexibility index (Phi) is 6.80. The fourth-order valence-corrected chi connectivity index (χ4v) is 4.97. The molecule has 0 unspecified atom stereocenters. The first-order valence-electron chi connectivity index (χ1n) is 12.7. The van der Waals surface area contributed by atoms with E-state index in [0.29, 0.717) is 30.1 Å². The quantitative estimate of drug-likeness (QED) is 0.476. The van der Waals surface area contributed by atoms with Crippen molar-refractivity contribution in [2.45, 2.75) is 72.3 Å². The lowest BCUT2D eigenvalue weighted by Crippen LogP contribution is -2.32. The summed E-state index contributed by atoms with van der Waals surface area (Å²) in [5.74, 6) is 0.479. The molecule has 0 saturated heterocycles. The average molecular weight is 497 g/mol. The van der Waals surface area contributed by atoms with Crippen LogP contribution in [0.2, 0.25) is 0 Å². The maximum absolute atomic E-state index is 15.4. The molecule has 194 valence electrons. The van der Waals surface area contributed by atoms with Crippen molar-refractivity contribution in [3.63, 3.8) is 0 Å². The van der Waals surface area contributed by atoms with Crippen molar-refractivity contribution in [2.24, 2.45) is 0 Å². The zero-order chi connectivity index (χ0) is 26.4. The largest absolute Gasteiger partial charge is 0.493 e. The number of ether oxygens (including phenoxy) is 3. The number of ketones is 1. The summed E-state index contributed by atoms with van der Waals surface area (Å²) < 4.78 is 32.6. The number of halogens is 1. The lowest BCUT2D eigenvalue weighted by atomic mass is 9.74. The van der Waals surface area contributed by atoms with Crippen LogP contribution in [0.15, 0.2) is 18.2 Å². The summed E-state index contributed by atoms with van der Waals surface area (Å²) in [4.78, 5) is 15.2. The van der Waals surface area contributed by atoms with Gasteiger partial charge in [-0.05, 0) is 54.9 Å². The Labute approximate surface area is 213 Å². The minimum absolute atomic E-state index is 0.0162. The lowest BCUT2D eigenvalue weighted by molar-refractivity contribution is 0.0962. The van der Waals surface area contributed by atoms with E-state index in [1.807, 2.05) is 19.1 Å². The summed E-state index contributed by atoms with van der Waals surface area (Å²) in [6.07, 6.45) is 0.872. The second-order valence-corrected chi connectivity index (χ2v) is 11.2. The van der Waals surface area contributed by atoms with E-state index in [2.05, 4.69) is 34.6 Å². The number of nitrogens with one attached hydrogen (secondary N) is 1. The van der Waals surface area contributed by atoms with Crippen LogP contribution >= 0.6 is 0 Å². The van der Waals surface area contributed by atoms with Crippen LogP contribution in [0.25, 0.3) is 0 Å². The Morgan fingerprint density at radius 2 is 1.86 bits per heavy atom. The first-order chi connectivity index (χ1) is 16.9. The first-order valence-corrected chi connectivity index (χ1v) is 12.7. The van der Waals surface area contributed by atoms with Gasteiger partial charge in [0.15, 0.2) is 23.1 Å². The van der Waals surface area contributed by atoms with Crippen molar-refractivity contribution in [1.82, 2.24) is 4.90 Å². The number of Topliss-reactive ketones (excluding diaryl/α,β-unsaturated/α-hetero) is 1. The Balaban J connectivity index is 1.67. The van der Waals surface area contributed by atoms with Crippen LogP contribution < -0.4 is 14.2 Å². The minimum Gasteiger partial charge on any atom is -0.493 e. The number of rotatable bonds is 7. The fourth-order valence-electron chi connectivity index (χ4n) is 4.97. The molecule has 2 aliphatic heterocycles. The smallest absolute Gasteiger partial charge is 0.197 e. The van der Waals surface area contributed by atoms with Crippen LogP contribution in [0.3, 0.4) is 0 Å². The molecule has 2 aromatic carbocycles. The van der Waals surface area contributed by atoms with E-state index >= 15 is 4.39 Å². The van der Waals surface area contributed by atoms with Crippen molar-refractivity contribution in [3.05, 3.63) is 51.8 Å². The third-order valence-electron chi connectivity index (χ3n) is 7.03. The van der Waals surface area contributed by atoms with Gasteiger partial charge in [0.2, 0.25) is 0 Å². The molecule has 0 spiro atoms. The van der Waals surface area contributed by atoms with Gasteiger partial charge >= 0.3 is 0 Å². The molecular weight excluding hydrogens is 459 g/mol. The second kappa shape index (κ2) is 9.41. The maximum Gasteiger partial charge on any atom is 0.197 e. The Bertz CT molecular complexity index is 1200. The topological polar surface area (TPSA) is 71.9 Å². The first kappa shape index (κ1) is 26.0. The van der Waals surface area contributed by atoms with Gasteiger partial charge in [0.1, 0.15) is 11.6 Å². The van der Waals surface area contributed by atoms with Crippen molar-refractivity contribution < 1.29 is 23.4 Å². The molecule has 0 radical (unpaired) electrons. The third kappa shape index (κ3) is 4.56. The summed E-state index contributed by atoms with van der Waals surface area (Å²) in [5.41, 5.74) is 3.10. The number of benzene rings is 2. The molecule has 2 heterocycles. The van der Waals surface area contributed by atoms with Crippen molar-refractivity contribution in [2.75, 3.05) is 26.4 Å². The maximum atomic E-state index is 15.4. The molecule has 0 saturated carbocycles. The van der Waals surface area contributed by atoms with E-state index in [0.717, 1.165) is 23.3 Å². The molecule has 2 aromatic rings. The highest BCUT2D eigenvalue weighted by atomic mass is 19.1. The van der Waals surface area contributed by atoms with Crippen molar-refractivity contribution >= 4 is 11.6 Å². The summed E-state index contributed by atoms with van der Waals surface area (Å²) >= 11 is 0. The van der Waals surface area contributed by atoms with Gasteiger partial charge in [-0.2, -0.15) is 0 Å². The highest BCUT2D eigenvalue weighted by Crippen LogP contribution is 2.45. The Morgan fingerprint density at radius 3 is 2.50 bits per heavy atom. The number of nitrogens with zero attached hydrogens (tertiary/aromatic N) is 1. The number of hydrogen-bond acceptors (Lipinski definition) is 5. The van der Waals surface area contributed by atoms with Crippen LogP contribution in [0.4, 0.5) is 4.39 Å². The van der Waals surface area contributed by atoms with Gasteiger partial charge in [0.05, 0.1) is 31.9 Å². The van der Waals surface area contributed by atoms with Crippen molar-refractivity contribution in [1.29, 1.82) is 5.41 Å². The third-order valence-corrected chi connectivity index (χ3v) is 7.03. The normalized spacial score (nSPS) is 16.3. The van der Waals surface area contributed by atoms with Gasteiger partial charge in [0.25, 0.3) is 0 Å². The van der Waals surface area contributed by atoms with Gasteiger partial charge in [-0.3, -0.25) is 10.2 Å². The molecule has 2 aliphatic rings. The predicted molar refractivity (Wildman–Crippen MR) is 139 cm³/mol. The van der Waals surface area contributed by atoms with Crippen LogP contribution in [-0.2, 0) is 17.4 Å². The van der Waals surface area contributed by atoms with Crippen LogP contribution in [0, 0.1) is 11.2 Å². The Hall–Kier alpha value is -3.09. The SMILES string of the molecule is CCOc1cc2c(c(F)c1OCC)C(=N)N(CC(=O)c1cc(C(C)(C)C)c3c(c1)C(C)(C)CCO3)C2. The summed E-state index contributed by atoms with van der Waals surface area (Å²) in [6.45, 7) is 15.8. The minimum atomic E-state index is -0.611.